The molecule has 0 aliphatic heterocycles. The van der Waals surface area contributed by atoms with Crippen molar-refractivity contribution in [1.29, 1.82) is 5.26 Å². The maximum absolute atomic E-state index is 13.4. The number of halogens is 2. The molecule has 0 heterocycles. The van der Waals surface area contributed by atoms with E-state index < -0.39 is 17.6 Å². The number of carbonyl (C=O) groups excluding carboxylic acids is 1. The summed E-state index contributed by atoms with van der Waals surface area (Å²) >= 11 is 0. The molecule has 4 heteroatoms. The number of benzene rings is 1. The Balaban J connectivity index is 2.33. The SMILES string of the molecule is N#CC(C(=O)C1CC1)c1ccc(F)cc1F. The lowest BCUT2D eigenvalue weighted by atomic mass is 9.93. The number of ketones is 1. The van der Waals surface area contributed by atoms with E-state index in [1.807, 2.05) is 0 Å². The maximum Gasteiger partial charge on any atom is 0.157 e. The molecule has 1 fully saturated rings. The topological polar surface area (TPSA) is 40.9 Å². The molecule has 1 aliphatic rings. The van der Waals surface area contributed by atoms with Crippen LogP contribution in [0, 0.1) is 28.9 Å². The molecule has 0 aromatic heterocycles. The van der Waals surface area contributed by atoms with Crippen LogP contribution in [0.2, 0.25) is 0 Å². The standard InChI is InChI=1S/C12H9F2NO/c13-8-3-4-9(11(14)5-8)10(6-15)12(16)7-1-2-7/h3-5,7,10H,1-2H2. The van der Waals surface area contributed by atoms with Crippen LogP contribution in [0.4, 0.5) is 8.78 Å². The van der Waals surface area contributed by atoms with E-state index in [4.69, 9.17) is 5.26 Å². The third-order valence-electron chi connectivity index (χ3n) is 2.67. The Labute approximate surface area is 91.5 Å². The van der Waals surface area contributed by atoms with Gasteiger partial charge in [-0.05, 0) is 18.9 Å². The number of nitriles is 1. The van der Waals surface area contributed by atoms with Crippen molar-refractivity contribution in [2.75, 3.05) is 0 Å². The molecule has 1 aliphatic carbocycles. The molecule has 2 nitrogen and oxygen atoms in total. The van der Waals surface area contributed by atoms with Crippen LogP contribution in [0.3, 0.4) is 0 Å². The Kier molecular flexibility index (Phi) is 2.69. The van der Waals surface area contributed by atoms with Gasteiger partial charge in [0.1, 0.15) is 17.6 Å². The average molecular weight is 221 g/mol. The van der Waals surface area contributed by atoms with Gasteiger partial charge in [0.05, 0.1) is 6.07 Å². The van der Waals surface area contributed by atoms with E-state index >= 15 is 0 Å². The number of hydrogen-bond donors (Lipinski definition) is 0. The van der Waals surface area contributed by atoms with Crippen LogP contribution in [-0.4, -0.2) is 5.78 Å². The molecule has 0 spiro atoms. The van der Waals surface area contributed by atoms with Gasteiger partial charge in [-0.25, -0.2) is 8.78 Å². The number of hydrogen-bond acceptors (Lipinski definition) is 2. The number of Topliss-reactive ketones (excluding diaryl/α,β-unsaturated/α-hetero) is 1. The molecule has 82 valence electrons. The van der Waals surface area contributed by atoms with Crippen LogP contribution in [0.15, 0.2) is 18.2 Å². The van der Waals surface area contributed by atoms with Gasteiger partial charge in [-0.2, -0.15) is 5.26 Å². The molecule has 1 aromatic carbocycles. The van der Waals surface area contributed by atoms with E-state index in [1.54, 1.807) is 6.07 Å². The lowest BCUT2D eigenvalue weighted by Gasteiger charge is -2.08. The summed E-state index contributed by atoms with van der Waals surface area (Å²) in [5.74, 6) is -3.02. The van der Waals surface area contributed by atoms with Gasteiger partial charge in [0.15, 0.2) is 5.78 Å². The summed E-state index contributed by atoms with van der Waals surface area (Å²) in [6.45, 7) is 0. The summed E-state index contributed by atoms with van der Waals surface area (Å²) in [6, 6.07) is 4.71. The molecule has 1 unspecified atom stereocenters. The Hall–Kier alpha value is -1.76. The second kappa shape index (κ2) is 4.01. The van der Waals surface area contributed by atoms with E-state index in [0.717, 1.165) is 18.9 Å². The lowest BCUT2D eigenvalue weighted by molar-refractivity contribution is -0.120. The van der Waals surface area contributed by atoms with Crippen molar-refractivity contribution in [1.82, 2.24) is 0 Å². The quantitative estimate of drug-likeness (QED) is 0.787. The Bertz CT molecular complexity index is 474. The third kappa shape index (κ3) is 1.94. The zero-order valence-electron chi connectivity index (χ0n) is 8.41. The zero-order chi connectivity index (χ0) is 11.7. The highest BCUT2D eigenvalue weighted by molar-refractivity contribution is 5.92. The highest BCUT2D eigenvalue weighted by Crippen LogP contribution is 2.35. The molecular formula is C12H9F2NO. The normalized spacial score (nSPS) is 16.6. The fraction of sp³-hybridized carbons (Fsp3) is 0.333. The Morgan fingerprint density at radius 3 is 2.62 bits per heavy atom. The summed E-state index contributed by atoms with van der Waals surface area (Å²) in [5, 5.41) is 8.89. The smallest absolute Gasteiger partial charge is 0.157 e. The second-order valence-corrected chi connectivity index (χ2v) is 3.90. The minimum absolute atomic E-state index is 0.0270. The molecule has 2 rings (SSSR count). The zero-order valence-corrected chi connectivity index (χ0v) is 8.41. The average Bonchev–Trinajstić information content (AvgIpc) is 3.05. The van der Waals surface area contributed by atoms with Crippen LogP contribution in [0.5, 0.6) is 0 Å². The molecule has 0 amide bonds. The summed E-state index contributed by atoms with van der Waals surface area (Å²) in [4.78, 5) is 11.7. The summed E-state index contributed by atoms with van der Waals surface area (Å²) in [5.41, 5.74) is -0.0270. The molecule has 0 radical (unpaired) electrons. The number of carbonyl (C=O) groups is 1. The lowest BCUT2D eigenvalue weighted by Crippen LogP contribution is -2.14. The Morgan fingerprint density at radius 1 is 1.44 bits per heavy atom. The Morgan fingerprint density at radius 2 is 2.12 bits per heavy atom. The summed E-state index contributed by atoms with van der Waals surface area (Å²) in [7, 11) is 0. The monoisotopic (exact) mass is 221 g/mol. The third-order valence-corrected chi connectivity index (χ3v) is 2.67. The van der Waals surface area contributed by atoms with Crippen LogP contribution < -0.4 is 0 Å². The van der Waals surface area contributed by atoms with Gasteiger partial charge in [0, 0.05) is 17.5 Å². The minimum atomic E-state index is -1.10. The molecule has 1 saturated carbocycles. The van der Waals surface area contributed by atoms with Crippen molar-refractivity contribution in [2.45, 2.75) is 18.8 Å². The first-order valence-corrected chi connectivity index (χ1v) is 5.01. The van der Waals surface area contributed by atoms with E-state index in [0.29, 0.717) is 6.07 Å². The van der Waals surface area contributed by atoms with Crippen molar-refractivity contribution in [3.05, 3.63) is 35.4 Å². The molecule has 0 saturated heterocycles. The van der Waals surface area contributed by atoms with Crippen molar-refractivity contribution >= 4 is 5.78 Å². The van der Waals surface area contributed by atoms with Crippen molar-refractivity contribution in [3.8, 4) is 6.07 Å². The summed E-state index contributed by atoms with van der Waals surface area (Å²) < 4.78 is 26.1. The van der Waals surface area contributed by atoms with Gasteiger partial charge in [0.25, 0.3) is 0 Å². The predicted octanol–water partition coefficient (Wildman–Crippen LogP) is 2.55. The van der Waals surface area contributed by atoms with Crippen molar-refractivity contribution in [3.63, 3.8) is 0 Å². The van der Waals surface area contributed by atoms with Gasteiger partial charge < -0.3 is 0 Å². The van der Waals surface area contributed by atoms with Crippen LogP contribution in [0.25, 0.3) is 0 Å². The molecular weight excluding hydrogens is 212 g/mol. The van der Waals surface area contributed by atoms with Gasteiger partial charge >= 0.3 is 0 Å². The fourth-order valence-electron chi connectivity index (χ4n) is 1.63. The van der Waals surface area contributed by atoms with E-state index in [2.05, 4.69) is 0 Å². The fourth-order valence-corrected chi connectivity index (χ4v) is 1.63. The first kappa shape index (κ1) is 10.7. The van der Waals surface area contributed by atoms with Gasteiger partial charge in [-0.1, -0.05) is 6.07 Å². The summed E-state index contributed by atoms with van der Waals surface area (Å²) in [6.07, 6.45) is 1.53. The van der Waals surface area contributed by atoms with Crippen molar-refractivity contribution < 1.29 is 13.6 Å². The van der Waals surface area contributed by atoms with Crippen LogP contribution >= 0.6 is 0 Å². The second-order valence-electron chi connectivity index (χ2n) is 3.90. The van der Waals surface area contributed by atoms with Gasteiger partial charge in [-0.3, -0.25) is 4.79 Å². The first-order chi connectivity index (χ1) is 7.63. The van der Waals surface area contributed by atoms with E-state index in [1.165, 1.54) is 6.07 Å². The van der Waals surface area contributed by atoms with Crippen LogP contribution in [-0.2, 0) is 4.79 Å². The molecule has 16 heavy (non-hydrogen) atoms. The van der Waals surface area contributed by atoms with E-state index in [-0.39, 0.29) is 17.3 Å². The maximum atomic E-state index is 13.4. The van der Waals surface area contributed by atoms with Gasteiger partial charge in [-0.15, -0.1) is 0 Å². The van der Waals surface area contributed by atoms with Crippen LogP contribution in [0.1, 0.15) is 24.3 Å². The highest BCUT2D eigenvalue weighted by atomic mass is 19.1. The molecule has 1 aromatic rings. The van der Waals surface area contributed by atoms with Gasteiger partial charge in [0.2, 0.25) is 0 Å². The first-order valence-electron chi connectivity index (χ1n) is 5.01. The highest BCUT2D eigenvalue weighted by Gasteiger charge is 2.36. The molecule has 1 atom stereocenters. The largest absolute Gasteiger partial charge is 0.298 e. The predicted molar refractivity (Wildman–Crippen MR) is 52.4 cm³/mol. The number of rotatable bonds is 3. The molecule has 0 N–H and O–H groups in total. The molecule has 0 bridgehead atoms. The van der Waals surface area contributed by atoms with E-state index in [9.17, 15) is 13.6 Å². The number of nitrogens with zero attached hydrogens (tertiary/aromatic N) is 1. The van der Waals surface area contributed by atoms with Crippen molar-refractivity contribution in [2.24, 2.45) is 5.92 Å². The minimum Gasteiger partial charge on any atom is -0.298 e.